The van der Waals surface area contributed by atoms with E-state index in [1.807, 2.05) is 13.8 Å². The maximum Gasteiger partial charge on any atom is 0.274 e. The van der Waals surface area contributed by atoms with E-state index in [4.69, 9.17) is 27.9 Å². The van der Waals surface area contributed by atoms with Crippen molar-refractivity contribution in [2.75, 3.05) is 20.3 Å². The molecule has 4 nitrogen and oxygen atoms in total. The van der Waals surface area contributed by atoms with Crippen molar-refractivity contribution in [3.8, 4) is 0 Å². The van der Waals surface area contributed by atoms with Gasteiger partial charge in [0.25, 0.3) is 5.91 Å². The second-order valence-corrected chi connectivity index (χ2v) is 5.01. The fourth-order valence-electron chi connectivity index (χ4n) is 1.64. The molecule has 106 valence electrons. The van der Waals surface area contributed by atoms with Crippen molar-refractivity contribution in [3.05, 3.63) is 28.0 Å². The Kier molecular flexibility index (Phi) is 6.55. The minimum absolute atomic E-state index is 0.0829. The van der Waals surface area contributed by atoms with Gasteiger partial charge in [-0.05, 0) is 25.5 Å². The number of aromatic nitrogens is 1. The molecule has 1 aromatic rings. The van der Waals surface area contributed by atoms with Crippen LogP contribution in [0.2, 0.25) is 10.2 Å². The second-order valence-electron chi connectivity index (χ2n) is 4.21. The molecule has 1 rings (SSSR count). The van der Waals surface area contributed by atoms with Gasteiger partial charge in [-0.2, -0.15) is 0 Å². The van der Waals surface area contributed by atoms with E-state index in [2.05, 4.69) is 4.98 Å². The third kappa shape index (κ3) is 4.34. The Morgan fingerprint density at radius 1 is 1.47 bits per heavy atom. The number of nitrogens with zero attached hydrogens (tertiary/aromatic N) is 2. The Hall–Kier alpha value is -0.840. The first-order valence-corrected chi connectivity index (χ1v) is 6.88. The Morgan fingerprint density at radius 2 is 2.16 bits per heavy atom. The van der Waals surface area contributed by atoms with E-state index < -0.39 is 0 Å². The second kappa shape index (κ2) is 7.68. The van der Waals surface area contributed by atoms with Crippen LogP contribution in [0.3, 0.4) is 0 Å². The summed E-state index contributed by atoms with van der Waals surface area (Å²) in [5.74, 6) is -0.223. The lowest BCUT2D eigenvalue weighted by Gasteiger charge is -2.28. The molecule has 0 bridgehead atoms. The van der Waals surface area contributed by atoms with Crippen molar-refractivity contribution >= 4 is 29.1 Å². The molecule has 0 fully saturated rings. The molecule has 0 radical (unpaired) electrons. The topological polar surface area (TPSA) is 42.4 Å². The number of ether oxygens (including phenoxy) is 1. The Balaban J connectivity index is 3.00. The summed E-state index contributed by atoms with van der Waals surface area (Å²) in [6.07, 6.45) is 0.841. The van der Waals surface area contributed by atoms with Gasteiger partial charge in [0, 0.05) is 19.7 Å². The third-order valence-electron chi connectivity index (χ3n) is 2.93. The fraction of sp³-hybridized carbons (Fsp3) is 0.538. The largest absolute Gasteiger partial charge is 0.383 e. The maximum atomic E-state index is 12.5. The summed E-state index contributed by atoms with van der Waals surface area (Å²) in [7, 11) is 1.60. The number of carbonyl (C=O) groups is 1. The Bertz CT molecular complexity index is 441. The molecule has 0 aliphatic heterocycles. The molecule has 19 heavy (non-hydrogen) atoms. The number of carbonyl (C=O) groups excluding carboxylic acids is 1. The van der Waals surface area contributed by atoms with Crippen LogP contribution in [-0.2, 0) is 4.74 Å². The number of pyridine rings is 1. The first-order valence-electron chi connectivity index (χ1n) is 6.13. The van der Waals surface area contributed by atoms with E-state index >= 15 is 0 Å². The molecule has 1 aromatic heterocycles. The van der Waals surface area contributed by atoms with Gasteiger partial charge in [0.15, 0.2) is 0 Å². The first-order chi connectivity index (χ1) is 9.01. The molecule has 0 aliphatic rings. The number of rotatable bonds is 6. The summed E-state index contributed by atoms with van der Waals surface area (Å²) in [6, 6.07) is 3.22. The van der Waals surface area contributed by atoms with E-state index in [1.165, 1.54) is 0 Å². The summed E-state index contributed by atoms with van der Waals surface area (Å²) in [5, 5.41) is 0.559. The molecule has 0 saturated carbocycles. The van der Waals surface area contributed by atoms with Crippen molar-refractivity contribution in [2.24, 2.45) is 0 Å². The van der Waals surface area contributed by atoms with Crippen molar-refractivity contribution in [3.63, 3.8) is 0 Å². The predicted octanol–water partition coefficient (Wildman–Crippen LogP) is 3.28. The highest BCUT2D eigenvalue weighted by atomic mass is 35.5. The number of amides is 1. The number of hydrogen-bond donors (Lipinski definition) is 0. The van der Waals surface area contributed by atoms with Gasteiger partial charge in [-0.15, -0.1) is 0 Å². The van der Waals surface area contributed by atoms with Crippen molar-refractivity contribution in [1.82, 2.24) is 9.88 Å². The van der Waals surface area contributed by atoms with Crippen LogP contribution in [-0.4, -0.2) is 42.1 Å². The lowest BCUT2D eigenvalue weighted by Crippen LogP contribution is -2.41. The lowest BCUT2D eigenvalue weighted by molar-refractivity contribution is 0.0608. The molecule has 1 amide bonds. The fourth-order valence-corrected chi connectivity index (χ4v) is 1.97. The van der Waals surface area contributed by atoms with Crippen LogP contribution in [0.25, 0.3) is 0 Å². The van der Waals surface area contributed by atoms with Crippen LogP contribution >= 0.6 is 23.2 Å². The highest BCUT2D eigenvalue weighted by Gasteiger charge is 2.23. The zero-order valence-corrected chi connectivity index (χ0v) is 12.8. The number of methoxy groups -OCH3 is 1. The van der Waals surface area contributed by atoms with Crippen molar-refractivity contribution < 1.29 is 9.53 Å². The molecule has 6 heteroatoms. The summed E-state index contributed by atoms with van der Waals surface area (Å²) >= 11 is 11.8. The smallest absolute Gasteiger partial charge is 0.274 e. The van der Waals surface area contributed by atoms with E-state index in [1.54, 1.807) is 24.1 Å². The monoisotopic (exact) mass is 304 g/mol. The van der Waals surface area contributed by atoms with Gasteiger partial charge in [-0.1, -0.05) is 30.1 Å². The van der Waals surface area contributed by atoms with E-state index in [-0.39, 0.29) is 22.8 Å². The highest BCUT2D eigenvalue weighted by Crippen LogP contribution is 2.20. The normalized spacial score (nSPS) is 12.3. The maximum absolute atomic E-state index is 12.5. The minimum atomic E-state index is -0.223. The highest BCUT2D eigenvalue weighted by molar-refractivity contribution is 6.34. The average molecular weight is 305 g/mol. The van der Waals surface area contributed by atoms with Gasteiger partial charge in [0.2, 0.25) is 0 Å². The molecule has 0 saturated heterocycles. The van der Waals surface area contributed by atoms with E-state index in [0.717, 1.165) is 6.42 Å². The third-order valence-corrected chi connectivity index (χ3v) is 3.45. The van der Waals surface area contributed by atoms with Crippen LogP contribution in [0, 0.1) is 0 Å². The molecule has 0 N–H and O–H groups in total. The zero-order valence-electron chi connectivity index (χ0n) is 11.3. The van der Waals surface area contributed by atoms with Gasteiger partial charge in [0.05, 0.1) is 11.6 Å². The standard InChI is InChI=1S/C13H18Cl2N2O2/c1-4-9(2)17(7-8-19-3)13(18)12-10(14)5-6-11(15)16-12/h5-6,9H,4,7-8H2,1-3H3. The molecule has 1 unspecified atom stereocenters. The minimum Gasteiger partial charge on any atom is -0.383 e. The van der Waals surface area contributed by atoms with E-state index in [0.29, 0.717) is 18.2 Å². The van der Waals surface area contributed by atoms with Crippen molar-refractivity contribution in [2.45, 2.75) is 26.3 Å². The van der Waals surface area contributed by atoms with Crippen LogP contribution in [0.1, 0.15) is 30.8 Å². The molecule has 0 aromatic carbocycles. The quantitative estimate of drug-likeness (QED) is 0.758. The lowest BCUT2D eigenvalue weighted by atomic mass is 10.2. The predicted molar refractivity (Wildman–Crippen MR) is 76.9 cm³/mol. The SMILES string of the molecule is CCC(C)N(CCOC)C(=O)c1nc(Cl)ccc1Cl. The molecule has 1 heterocycles. The van der Waals surface area contributed by atoms with Gasteiger partial charge < -0.3 is 9.64 Å². The molecular formula is C13H18Cl2N2O2. The summed E-state index contributed by atoms with van der Waals surface area (Å²) in [6.45, 7) is 4.96. The van der Waals surface area contributed by atoms with Crippen molar-refractivity contribution in [1.29, 1.82) is 0 Å². The summed E-state index contributed by atoms with van der Waals surface area (Å²) in [5.41, 5.74) is 0.186. The van der Waals surface area contributed by atoms with E-state index in [9.17, 15) is 4.79 Å². The van der Waals surface area contributed by atoms with Crippen LogP contribution in [0.15, 0.2) is 12.1 Å². The molecular weight excluding hydrogens is 287 g/mol. The summed E-state index contributed by atoms with van der Waals surface area (Å²) < 4.78 is 5.03. The van der Waals surface area contributed by atoms with Crippen LogP contribution in [0.5, 0.6) is 0 Å². The van der Waals surface area contributed by atoms with Gasteiger partial charge in [0.1, 0.15) is 10.8 Å². The Labute approximate surface area is 123 Å². The van der Waals surface area contributed by atoms with Crippen LogP contribution in [0.4, 0.5) is 0 Å². The number of halogens is 2. The first kappa shape index (κ1) is 16.2. The molecule has 0 aliphatic carbocycles. The van der Waals surface area contributed by atoms with Gasteiger partial charge in [-0.3, -0.25) is 4.79 Å². The number of hydrogen-bond acceptors (Lipinski definition) is 3. The van der Waals surface area contributed by atoms with Gasteiger partial charge in [-0.25, -0.2) is 4.98 Å². The molecule has 1 atom stereocenters. The van der Waals surface area contributed by atoms with Crippen LogP contribution < -0.4 is 0 Å². The Morgan fingerprint density at radius 3 is 2.74 bits per heavy atom. The summed E-state index contributed by atoms with van der Waals surface area (Å²) in [4.78, 5) is 18.2. The molecule has 0 spiro atoms. The zero-order chi connectivity index (χ0) is 14.4. The van der Waals surface area contributed by atoms with Gasteiger partial charge >= 0.3 is 0 Å². The average Bonchev–Trinajstić information content (AvgIpc) is 2.41.